The third-order valence-corrected chi connectivity index (χ3v) is 2.96. The molecular formula is C12H13ClN2O. The van der Waals surface area contributed by atoms with Crippen LogP contribution in [0.4, 0.5) is 0 Å². The fourth-order valence-electron chi connectivity index (χ4n) is 1.71. The maximum Gasteiger partial charge on any atom is 0.145 e. The number of nitrogens with two attached hydrogens (primary N) is 1. The van der Waals surface area contributed by atoms with Crippen molar-refractivity contribution in [1.82, 2.24) is 4.98 Å². The summed E-state index contributed by atoms with van der Waals surface area (Å²) in [5, 5.41) is 1.55. The molecule has 0 radical (unpaired) electrons. The third-order valence-electron chi connectivity index (χ3n) is 2.63. The molecule has 4 heteroatoms. The average Bonchev–Trinajstić information content (AvgIpc) is 2.29. The number of aryl methyl sites for hydroxylation is 1. The number of fused-ring (bicyclic) bond motifs is 1. The van der Waals surface area contributed by atoms with Gasteiger partial charge in [-0.1, -0.05) is 11.6 Å². The molecule has 0 atom stereocenters. The summed E-state index contributed by atoms with van der Waals surface area (Å²) in [7, 11) is 1.62. The van der Waals surface area contributed by atoms with Crippen LogP contribution in [0.15, 0.2) is 18.2 Å². The van der Waals surface area contributed by atoms with Gasteiger partial charge in [-0.25, -0.2) is 4.98 Å². The second kappa shape index (κ2) is 4.28. The van der Waals surface area contributed by atoms with Gasteiger partial charge in [0, 0.05) is 17.6 Å². The van der Waals surface area contributed by atoms with Crippen LogP contribution in [0.25, 0.3) is 10.9 Å². The highest BCUT2D eigenvalue weighted by atomic mass is 35.5. The Bertz CT molecular complexity index is 540. The molecule has 1 heterocycles. The first kappa shape index (κ1) is 11.2. The van der Waals surface area contributed by atoms with Gasteiger partial charge in [-0.15, -0.1) is 0 Å². The van der Waals surface area contributed by atoms with Crippen LogP contribution in [-0.2, 0) is 6.54 Å². The summed E-state index contributed by atoms with van der Waals surface area (Å²) in [5.74, 6) is 0.728. The summed E-state index contributed by atoms with van der Waals surface area (Å²) >= 11 is 6.13. The van der Waals surface area contributed by atoms with E-state index in [0.29, 0.717) is 11.6 Å². The molecule has 0 aliphatic heterocycles. The van der Waals surface area contributed by atoms with Gasteiger partial charge in [-0.3, -0.25) is 0 Å². The van der Waals surface area contributed by atoms with Gasteiger partial charge in [0.2, 0.25) is 0 Å². The Labute approximate surface area is 99.2 Å². The number of ether oxygens (including phenoxy) is 1. The molecule has 0 saturated carbocycles. The Morgan fingerprint density at radius 2 is 2.19 bits per heavy atom. The second-order valence-corrected chi connectivity index (χ2v) is 3.99. The normalized spacial score (nSPS) is 10.8. The lowest BCUT2D eigenvalue weighted by atomic mass is 10.1. The Morgan fingerprint density at radius 3 is 2.81 bits per heavy atom. The quantitative estimate of drug-likeness (QED) is 0.872. The zero-order chi connectivity index (χ0) is 11.7. The van der Waals surface area contributed by atoms with Crippen molar-refractivity contribution in [3.8, 4) is 5.75 Å². The van der Waals surface area contributed by atoms with Gasteiger partial charge in [0.15, 0.2) is 0 Å². The molecule has 0 aliphatic carbocycles. The van der Waals surface area contributed by atoms with Gasteiger partial charge in [0.25, 0.3) is 0 Å². The number of nitrogens with zero attached hydrogens (tertiary/aromatic N) is 1. The average molecular weight is 237 g/mol. The van der Waals surface area contributed by atoms with E-state index in [9.17, 15) is 0 Å². The molecule has 0 spiro atoms. The van der Waals surface area contributed by atoms with E-state index < -0.39 is 0 Å². The van der Waals surface area contributed by atoms with Crippen molar-refractivity contribution >= 4 is 22.5 Å². The van der Waals surface area contributed by atoms with Gasteiger partial charge < -0.3 is 10.5 Å². The SMILES string of the molecule is COc1ccc(Cl)c2cc(CN)c(C)nc12. The van der Waals surface area contributed by atoms with Crippen molar-refractivity contribution < 1.29 is 4.74 Å². The van der Waals surface area contributed by atoms with Gasteiger partial charge in [-0.05, 0) is 30.7 Å². The zero-order valence-corrected chi connectivity index (χ0v) is 10.0. The Kier molecular flexibility index (Phi) is 2.99. The van der Waals surface area contributed by atoms with Crippen molar-refractivity contribution in [3.05, 3.63) is 34.5 Å². The van der Waals surface area contributed by atoms with Crippen molar-refractivity contribution in [1.29, 1.82) is 0 Å². The summed E-state index contributed by atoms with van der Waals surface area (Å²) in [5.41, 5.74) is 8.35. The number of hydrogen-bond donors (Lipinski definition) is 1. The van der Waals surface area contributed by atoms with Gasteiger partial charge >= 0.3 is 0 Å². The van der Waals surface area contributed by atoms with Crippen LogP contribution < -0.4 is 10.5 Å². The van der Waals surface area contributed by atoms with Gasteiger partial charge in [-0.2, -0.15) is 0 Å². The van der Waals surface area contributed by atoms with E-state index in [0.717, 1.165) is 27.9 Å². The predicted octanol–water partition coefficient (Wildman–Crippen LogP) is 2.66. The van der Waals surface area contributed by atoms with Crippen LogP contribution in [0.3, 0.4) is 0 Å². The molecule has 0 amide bonds. The Morgan fingerprint density at radius 1 is 1.44 bits per heavy atom. The smallest absolute Gasteiger partial charge is 0.145 e. The van der Waals surface area contributed by atoms with Gasteiger partial charge in [0.05, 0.1) is 12.1 Å². The summed E-state index contributed by atoms with van der Waals surface area (Å²) in [4.78, 5) is 4.49. The highest BCUT2D eigenvalue weighted by Crippen LogP contribution is 2.31. The molecule has 0 fully saturated rings. The van der Waals surface area contributed by atoms with Crippen molar-refractivity contribution in [2.75, 3.05) is 7.11 Å². The minimum absolute atomic E-state index is 0.461. The van der Waals surface area contributed by atoms with Crippen LogP contribution in [0.5, 0.6) is 5.75 Å². The van der Waals surface area contributed by atoms with E-state index in [1.165, 1.54) is 0 Å². The van der Waals surface area contributed by atoms with Crippen LogP contribution in [-0.4, -0.2) is 12.1 Å². The lowest BCUT2D eigenvalue weighted by molar-refractivity contribution is 0.419. The second-order valence-electron chi connectivity index (χ2n) is 3.58. The van der Waals surface area contributed by atoms with E-state index in [1.807, 2.05) is 19.1 Å². The number of aromatic nitrogens is 1. The van der Waals surface area contributed by atoms with E-state index >= 15 is 0 Å². The molecule has 2 N–H and O–H groups in total. The van der Waals surface area contributed by atoms with E-state index in [-0.39, 0.29) is 0 Å². The molecule has 0 bridgehead atoms. The maximum atomic E-state index is 6.13. The van der Waals surface area contributed by atoms with Crippen LogP contribution in [0.2, 0.25) is 5.02 Å². The van der Waals surface area contributed by atoms with E-state index in [4.69, 9.17) is 22.1 Å². The van der Waals surface area contributed by atoms with Crippen molar-refractivity contribution in [2.45, 2.75) is 13.5 Å². The number of rotatable bonds is 2. The first-order valence-electron chi connectivity index (χ1n) is 5.00. The van der Waals surface area contributed by atoms with Crippen molar-refractivity contribution in [3.63, 3.8) is 0 Å². The lowest BCUT2D eigenvalue weighted by Crippen LogP contribution is -2.02. The fourth-order valence-corrected chi connectivity index (χ4v) is 1.91. The molecular weight excluding hydrogens is 224 g/mol. The molecule has 0 aliphatic rings. The number of benzene rings is 1. The standard InChI is InChI=1S/C12H13ClN2O/c1-7-8(6-14)5-9-10(13)3-4-11(16-2)12(9)15-7/h3-5H,6,14H2,1-2H3. The number of halogens is 1. The minimum atomic E-state index is 0.461. The largest absolute Gasteiger partial charge is 0.494 e. The predicted molar refractivity (Wildman–Crippen MR) is 65.9 cm³/mol. The number of hydrogen-bond acceptors (Lipinski definition) is 3. The molecule has 0 saturated heterocycles. The summed E-state index contributed by atoms with van der Waals surface area (Å²) < 4.78 is 5.26. The zero-order valence-electron chi connectivity index (χ0n) is 9.25. The summed E-state index contributed by atoms with van der Waals surface area (Å²) in [6.45, 7) is 2.39. The third kappa shape index (κ3) is 1.72. The molecule has 2 aromatic rings. The van der Waals surface area contributed by atoms with E-state index in [1.54, 1.807) is 13.2 Å². The number of pyridine rings is 1. The fraction of sp³-hybridized carbons (Fsp3) is 0.250. The van der Waals surface area contributed by atoms with Crippen LogP contribution in [0, 0.1) is 6.92 Å². The number of methoxy groups -OCH3 is 1. The molecule has 1 aromatic heterocycles. The molecule has 16 heavy (non-hydrogen) atoms. The lowest BCUT2D eigenvalue weighted by Gasteiger charge is -2.09. The molecule has 84 valence electrons. The highest BCUT2D eigenvalue weighted by molar-refractivity contribution is 6.35. The molecule has 2 rings (SSSR count). The molecule has 1 aromatic carbocycles. The Hall–Kier alpha value is -1.32. The van der Waals surface area contributed by atoms with E-state index in [2.05, 4.69) is 4.98 Å². The summed E-state index contributed by atoms with van der Waals surface area (Å²) in [6, 6.07) is 5.60. The first-order valence-corrected chi connectivity index (χ1v) is 5.38. The highest BCUT2D eigenvalue weighted by Gasteiger charge is 2.09. The molecule has 3 nitrogen and oxygen atoms in total. The first-order chi connectivity index (χ1) is 7.67. The monoisotopic (exact) mass is 236 g/mol. The Balaban J connectivity index is 2.82. The maximum absolute atomic E-state index is 6.13. The summed E-state index contributed by atoms with van der Waals surface area (Å²) in [6.07, 6.45) is 0. The minimum Gasteiger partial charge on any atom is -0.494 e. The van der Waals surface area contributed by atoms with Crippen LogP contribution >= 0.6 is 11.6 Å². The topological polar surface area (TPSA) is 48.1 Å². The molecule has 0 unspecified atom stereocenters. The van der Waals surface area contributed by atoms with Crippen LogP contribution in [0.1, 0.15) is 11.3 Å². The van der Waals surface area contributed by atoms with Gasteiger partial charge in [0.1, 0.15) is 11.3 Å². The van der Waals surface area contributed by atoms with Crippen molar-refractivity contribution in [2.24, 2.45) is 5.73 Å².